The second-order valence-corrected chi connectivity index (χ2v) is 4.62. The number of rotatable bonds is 5. The number of nitrogens with zero attached hydrogens (tertiary/aromatic N) is 2. The molecule has 0 amide bonds. The first kappa shape index (κ1) is 14.0. The molecule has 0 heterocycles. The zero-order valence-electron chi connectivity index (χ0n) is 10.1. The van der Waals surface area contributed by atoms with Gasteiger partial charge >= 0.3 is 0 Å². The molecule has 0 unspecified atom stereocenters. The van der Waals surface area contributed by atoms with E-state index >= 15 is 0 Å². The van der Waals surface area contributed by atoms with Gasteiger partial charge in [-0.2, -0.15) is 5.26 Å². The summed E-state index contributed by atoms with van der Waals surface area (Å²) in [4.78, 5) is 2.10. The van der Waals surface area contributed by atoms with Crippen molar-refractivity contribution >= 4 is 11.6 Å². The minimum absolute atomic E-state index is 0.284. The maximum atomic E-state index is 13.1. The average Bonchev–Trinajstić information content (AvgIpc) is 2.28. The van der Waals surface area contributed by atoms with Crippen LogP contribution < -0.4 is 0 Å². The Morgan fingerprint density at radius 2 is 2.18 bits per heavy atom. The van der Waals surface area contributed by atoms with Crippen LogP contribution in [0.1, 0.15) is 25.8 Å². The standard InChI is InChI=1S/C13H16ClFN2/c1-10(2)17(7-3-6-16)9-11-8-12(15)4-5-13(11)14/h4-5,8,10H,3,7,9H2,1-2H3. The summed E-state index contributed by atoms with van der Waals surface area (Å²) in [5.41, 5.74) is 0.762. The minimum atomic E-state index is -0.284. The lowest BCUT2D eigenvalue weighted by molar-refractivity contribution is 0.217. The Bertz CT molecular complexity index is 412. The molecule has 1 aromatic rings. The Labute approximate surface area is 107 Å². The average molecular weight is 255 g/mol. The van der Waals surface area contributed by atoms with Gasteiger partial charge in [0.25, 0.3) is 0 Å². The fourth-order valence-corrected chi connectivity index (χ4v) is 1.77. The van der Waals surface area contributed by atoms with Crippen molar-refractivity contribution in [3.05, 3.63) is 34.6 Å². The SMILES string of the molecule is CC(C)N(CCC#N)Cc1cc(F)ccc1Cl. The van der Waals surface area contributed by atoms with Crippen molar-refractivity contribution in [3.8, 4) is 6.07 Å². The van der Waals surface area contributed by atoms with Gasteiger partial charge in [-0.25, -0.2) is 4.39 Å². The van der Waals surface area contributed by atoms with Crippen LogP contribution in [0.15, 0.2) is 18.2 Å². The Hall–Kier alpha value is -1.11. The topological polar surface area (TPSA) is 27.0 Å². The summed E-state index contributed by atoms with van der Waals surface area (Å²) in [6.07, 6.45) is 0.463. The Morgan fingerprint density at radius 1 is 1.47 bits per heavy atom. The van der Waals surface area contributed by atoms with Crippen molar-refractivity contribution in [2.24, 2.45) is 0 Å². The monoisotopic (exact) mass is 254 g/mol. The summed E-state index contributed by atoms with van der Waals surface area (Å²) < 4.78 is 13.1. The largest absolute Gasteiger partial charge is 0.296 e. The van der Waals surface area contributed by atoms with Crippen LogP contribution in [-0.2, 0) is 6.54 Å². The van der Waals surface area contributed by atoms with E-state index in [-0.39, 0.29) is 5.82 Å². The zero-order valence-corrected chi connectivity index (χ0v) is 10.8. The lowest BCUT2D eigenvalue weighted by Gasteiger charge is -2.25. The normalized spacial score (nSPS) is 10.9. The second-order valence-electron chi connectivity index (χ2n) is 4.21. The highest BCUT2D eigenvalue weighted by molar-refractivity contribution is 6.31. The molecule has 92 valence electrons. The molecule has 0 aliphatic heterocycles. The van der Waals surface area contributed by atoms with Gasteiger partial charge in [-0.3, -0.25) is 4.90 Å². The molecule has 4 heteroatoms. The van der Waals surface area contributed by atoms with Gasteiger partial charge in [0, 0.05) is 30.6 Å². The molecular formula is C13H16ClFN2. The molecule has 0 aromatic heterocycles. The number of halogens is 2. The van der Waals surface area contributed by atoms with Gasteiger partial charge in [0.05, 0.1) is 6.07 Å². The van der Waals surface area contributed by atoms with Gasteiger partial charge in [0.15, 0.2) is 0 Å². The third kappa shape index (κ3) is 4.33. The Balaban J connectivity index is 2.78. The molecule has 0 bridgehead atoms. The zero-order chi connectivity index (χ0) is 12.8. The molecule has 1 aromatic carbocycles. The molecule has 0 atom stereocenters. The lowest BCUT2D eigenvalue weighted by Crippen LogP contribution is -2.31. The minimum Gasteiger partial charge on any atom is -0.296 e. The third-order valence-corrected chi connectivity index (χ3v) is 2.99. The molecular weight excluding hydrogens is 239 g/mol. The highest BCUT2D eigenvalue weighted by Crippen LogP contribution is 2.20. The van der Waals surface area contributed by atoms with Crippen molar-refractivity contribution in [1.29, 1.82) is 5.26 Å². The molecule has 0 saturated carbocycles. The number of benzene rings is 1. The maximum absolute atomic E-state index is 13.1. The summed E-state index contributed by atoms with van der Waals surface area (Å²) in [5, 5.41) is 9.16. The van der Waals surface area contributed by atoms with E-state index in [1.807, 2.05) is 13.8 Å². The van der Waals surface area contributed by atoms with E-state index in [9.17, 15) is 4.39 Å². The maximum Gasteiger partial charge on any atom is 0.123 e. The van der Waals surface area contributed by atoms with Gasteiger partial charge in [-0.05, 0) is 37.6 Å². The first-order chi connectivity index (χ1) is 8.04. The quantitative estimate of drug-likeness (QED) is 0.803. The van der Waals surface area contributed by atoms with Crippen molar-refractivity contribution < 1.29 is 4.39 Å². The van der Waals surface area contributed by atoms with Gasteiger partial charge in [0.1, 0.15) is 5.82 Å². The molecule has 17 heavy (non-hydrogen) atoms. The summed E-state index contributed by atoms with van der Waals surface area (Å²) in [6.45, 7) is 5.33. The first-order valence-electron chi connectivity index (χ1n) is 5.59. The van der Waals surface area contributed by atoms with Crippen LogP contribution in [0.2, 0.25) is 5.02 Å². The van der Waals surface area contributed by atoms with Crippen molar-refractivity contribution in [3.63, 3.8) is 0 Å². The molecule has 0 N–H and O–H groups in total. The van der Waals surface area contributed by atoms with E-state index in [4.69, 9.17) is 16.9 Å². The molecule has 0 aliphatic carbocycles. The molecule has 0 saturated heterocycles. The fourth-order valence-electron chi connectivity index (χ4n) is 1.60. The summed E-state index contributed by atoms with van der Waals surface area (Å²) >= 11 is 6.02. The van der Waals surface area contributed by atoms with Crippen LogP contribution in [0, 0.1) is 17.1 Å². The highest BCUT2D eigenvalue weighted by Gasteiger charge is 2.12. The van der Waals surface area contributed by atoms with Crippen LogP contribution >= 0.6 is 11.6 Å². The third-order valence-electron chi connectivity index (χ3n) is 2.62. The molecule has 0 spiro atoms. The number of nitriles is 1. The molecule has 0 radical (unpaired) electrons. The first-order valence-corrected chi connectivity index (χ1v) is 5.97. The van der Waals surface area contributed by atoms with Gasteiger partial charge in [-0.15, -0.1) is 0 Å². The van der Waals surface area contributed by atoms with E-state index in [2.05, 4.69) is 11.0 Å². The predicted octanol–water partition coefficient (Wildman–Crippen LogP) is 3.60. The van der Waals surface area contributed by atoms with Crippen molar-refractivity contribution in [2.45, 2.75) is 32.9 Å². The van der Waals surface area contributed by atoms with Crippen molar-refractivity contribution in [2.75, 3.05) is 6.54 Å². The molecule has 1 rings (SSSR count). The summed E-state index contributed by atoms with van der Waals surface area (Å²) in [5.74, 6) is -0.284. The van der Waals surface area contributed by atoms with Crippen LogP contribution in [0.25, 0.3) is 0 Å². The van der Waals surface area contributed by atoms with E-state index in [1.165, 1.54) is 12.1 Å². The predicted molar refractivity (Wildman–Crippen MR) is 67.2 cm³/mol. The van der Waals surface area contributed by atoms with E-state index in [1.54, 1.807) is 6.07 Å². The Kier molecular flexibility index (Phi) is 5.40. The summed E-state index contributed by atoms with van der Waals surface area (Å²) in [7, 11) is 0. The van der Waals surface area contributed by atoms with Gasteiger partial charge in [-0.1, -0.05) is 11.6 Å². The molecule has 2 nitrogen and oxygen atoms in total. The van der Waals surface area contributed by atoms with Crippen LogP contribution in [0.5, 0.6) is 0 Å². The number of hydrogen-bond donors (Lipinski definition) is 0. The van der Waals surface area contributed by atoms with Crippen LogP contribution in [-0.4, -0.2) is 17.5 Å². The van der Waals surface area contributed by atoms with Crippen molar-refractivity contribution in [1.82, 2.24) is 4.90 Å². The van der Waals surface area contributed by atoms with Gasteiger partial charge in [0.2, 0.25) is 0 Å². The fraction of sp³-hybridized carbons (Fsp3) is 0.462. The van der Waals surface area contributed by atoms with Crippen LogP contribution in [0.3, 0.4) is 0 Å². The highest BCUT2D eigenvalue weighted by atomic mass is 35.5. The second kappa shape index (κ2) is 6.58. The van der Waals surface area contributed by atoms with Gasteiger partial charge < -0.3 is 0 Å². The molecule has 0 aliphatic rings. The smallest absolute Gasteiger partial charge is 0.123 e. The van der Waals surface area contributed by atoms with Crippen LogP contribution in [0.4, 0.5) is 4.39 Å². The molecule has 0 fully saturated rings. The van der Waals surface area contributed by atoms with E-state index in [0.717, 1.165) is 5.56 Å². The number of hydrogen-bond acceptors (Lipinski definition) is 2. The van der Waals surface area contributed by atoms with E-state index < -0.39 is 0 Å². The summed E-state index contributed by atoms with van der Waals surface area (Å²) in [6, 6.07) is 6.77. The lowest BCUT2D eigenvalue weighted by atomic mass is 10.1. The van der Waals surface area contributed by atoms with E-state index in [0.29, 0.717) is 30.6 Å². The Morgan fingerprint density at radius 3 is 2.76 bits per heavy atom.